The largest absolute Gasteiger partial charge is 0.496 e. The van der Waals surface area contributed by atoms with Gasteiger partial charge in [0, 0.05) is 26.2 Å². The molecule has 3 rings (SSSR count). The highest BCUT2D eigenvalue weighted by molar-refractivity contribution is 6.00. The van der Waals surface area contributed by atoms with E-state index in [0.717, 1.165) is 0 Å². The first-order valence-corrected chi connectivity index (χ1v) is 7.68. The molecule has 2 aromatic rings. The Kier molecular flexibility index (Phi) is 4.73. The molecular formula is C14H17N7O5. The number of benzene rings is 1. The summed E-state index contributed by atoms with van der Waals surface area (Å²) in [4.78, 5) is 14.6. The molecule has 0 aliphatic carbocycles. The zero-order valence-electron chi connectivity index (χ0n) is 13.9. The molecule has 1 aliphatic rings. The maximum Gasteiger partial charge on any atom is 0.296 e. The molecule has 0 bridgehead atoms. The number of piperazine rings is 1. The number of rotatable bonds is 4. The third-order valence-electron chi connectivity index (χ3n) is 4.12. The molecule has 0 atom stereocenters. The predicted molar refractivity (Wildman–Crippen MR) is 90.5 cm³/mol. The van der Waals surface area contributed by atoms with Gasteiger partial charge in [-0.2, -0.15) is 0 Å². The third-order valence-corrected chi connectivity index (χ3v) is 4.12. The van der Waals surface area contributed by atoms with Crippen LogP contribution in [0.1, 0.15) is 5.69 Å². The van der Waals surface area contributed by atoms with Crippen molar-refractivity contribution in [2.75, 3.05) is 43.9 Å². The molecular weight excluding hydrogens is 346 g/mol. The lowest BCUT2D eigenvalue weighted by molar-refractivity contribution is -0.384. The minimum atomic E-state index is -0.438. The van der Waals surface area contributed by atoms with E-state index in [1.807, 2.05) is 4.90 Å². The molecule has 3 N–H and O–H groups in total. The van der Waals surface area contributed by atoms with Gasteiger partial charge in [-0.1, -0.05) is 5.16 Å². The van der Waals surface area contributed by atoms with Gasteiger partial charge in [-0.25, -0.2) is 4.63 Å². The first-order valence-electron chi connectivity index (χ1n) is 7.68. The van der Waals surface area contributed by atoms with Gasteiger partial charge >= 0.3 is 0 Å². The Balaban J connectivity index is 1.77. The Morgan fingerprint density at radius 2 is 2.12 bits per heavy atom. The van der Waals surface area contributed by atoms with E-state index in [4.69, 9.17) is 10.5 Å². The van der Waals surface area contributed by atoms with Crippen molar-refractivity contribution in [1.82, 2.24) is 15.2 Å². The first-order chi connectivity index (χ1) is 12.5. The van der Waals surface area contributed by atoms with Crippen LogP contribution in [0.15, 0.2) is 28.0 Å². The van der Waals surface area contributed by atoms with Crippen molar-refractivity contribution in [1.29, 1.82) is 0 Å². The number of nitro benzene ring substituents is 1. The number of nitrogen functional groups attached to an aromatic ring is 1. The SMILES string of the molecule is COc1ccc(N2CCN(/C(=N/O)c3nonc3N)CC2)c([N+](=O)[O-])c1. The number of nitro groups is 1. The number of hydrogen-bond donors (Lipinski definition) is 2. The summed E-state index contributed by atoms with van der Waals surface area (Å²) in [6, 6.07) is 4.73. The Morgan fingerprint density at radius 1 is 1.38 bits per heavy atom. The number of hydrogen-bond acceptors (Lipinski definition) is 10. The summed E-state index contributed by atoms with van der Waals surface area (Å²) in [7, 11) is 1.46. The number of aromatic nitrogens is 2. The maximum atomic E-state index is 11.4. The second-order valence-corrected chi connectivity index (χ2v) is 5.51. The van der Waals surface area contributed by atoms with Gasteiger partial charge in [-0.3, -0.25) is 10.1 Å². The Bertz CT molecular complexity index is 829. The fourth-order valence-corrected chi connectivity index (χ4v) is 2.81. The second kappa shape index (κ2) is 7.13. The highest BCUT2D eigenvalue weighted by Gasteiger charge is 2.28. The highest BCUT2D eigenvalue weighted by atomic mass is 16.6. The number of nitrogens with two attached hydrogens (primary N) is 1. The molecule has 1 aliphatic heterocycles. The fourth-order valence-electron chi connectivity index (χ4n) is 2.81. The van der Waals surface area contributed by atoms with Crippen molar-refractivity contribution in [3.05, 3.63) is 34.0 Å². The van der Waals surface area contributed by atoms with Gasteiger partial charge in [-0.05, 0) is 22.4 Å². The van der Waals surface area contributed by atoms with E-state index >= 15 is 0 Å². The fraction of sp³-hybridized carbons (Fsp3) is 0.357. The van der Waals surface area contributed by atoms with Crippen LogP contribution in [0.3, 0.4) is 0 Å². The summed E-state index contributed by atoms with van der Waals surface area (Å²) < 4.78 is 9.59. The monoisotopic (exact) mass is 363 g/mol. The van der Waals surface area contributed by atoms with Crippen LogP contribution in [0.4, 0.5) is 17.2 Å². The van der Waals surface area contributed by atoms with Crippen LogP contribution in [-0.4, -0.2) is 64.5 Å². The summed E-state index contributed by atoms with van der Waals surface area (Å²) in [5, 5.41) is 31.0. The lowest BCUT2D eigenvalue weighted by atomic mass is 10.2. The van der Waals surface area contributed by atoms with Gasteiger partial charge in [0.25, 0.3) is 5.69 Å². The molecule has 0 saturated carbocycles. The van der Waals surface area contributed by atoms with Crippen LogP contribution in [0.25, 0.3) is 0 Å². The van der Waals surface area contributed by atoms with Crippen molar-refractivity contribution < 1.29 is 19.5 Å². The smallest absolute Gasteiger partial charge is 0.296 e. The lowest BCUT2D eigenvalue weighted by Gasteiger charge is -2.36. The van der Waals surface area contributed by atoms with Gasteiger partial charge in [-0.15, -0.1) is 0 Å². The van der Waals surface area contributed by atoms with E-state index in [1.54, 1.807) is 17.0 Å². The van der Waals surface area contributed by atoms with Crippen molar-refractivity contribution in [3.63, 3.8) is 0 Å². The van der Waals surface area contributed by atoms with E-state index < -0.39 is 4.92 Å². The van der Waals surface area contributed by atoms with Crippen LogP contribution < -0.4 is 15.4 Å². The van der Waals surface area contributed by atoms with Gasteiger partial charge in [0.1, 0.15) is 11.4 Å². The topological polar surface area (TPSA) is 156 Å². The summed E-state index contributed by atoms with van der Waals surface area (Å²) in [5.74, 6) is 0.585. The minimum absolute atomic E-state index is 0.0195. The minimum Gasteiger partial charge on any atom is -0.496 e. The molecule has 1 aromatic heterocycles. The lowest BCUT2D eigenvalue weighted by Crippen LogP contribution is -2.49. The molecule has 1 fully saturated rings. The molecule has 2 heterocycles. The summed E-state index contributed by atoms with van der Waals surface area (Å²) in [6.45, 7) is 1.82. The van der Waals surface area contributed by atoms with E-state index in [9.17, 15) is 15.3 Å². The molecule has 12 nitrogen and oxygen atoms in total. The molecule has 0 radical (unpaired) electrons. The molecule has 0 spiro atoms. The van der Waals surface area contributed by atoms with Crippen molar-refractivity contribution in [2.45, 2.75) is 0 Å². The van der Waals surface area contributed by atoms with Crippen LogP contribution in [0.5, 0.6) is 5.75 Å². The third kappa shape index (κ3) is 3.16. The first kappa shape index (κ1) is 17.3. The summed E-state index contributed by atoms with van der Waals surface area (Å²) in [5.41, 5.74) is 6.26. The summed E-state index contributed by atoms with van der Waals surface area (Å²) >= 11 is 0. The maximum absolute atomic E-state index is 11.4. The van der Waals surface area contributed by atoms with Gasteiger partial charge in [0.2, 0.25) is 5.84 Å². The molecule has 1 aromatic carbocycles. The van der Waals surface area contributed by atoms with Crippen LogP contribution in [-0.2, 0) is 0 Å². The standard InChI is InChI=1S/C14H17N7O5/c1-25-9-2-3-10(11(8-9)21(23)24)19-4-6-20(7-5-19)14(16-22)12-13(15)18-26-17-12/h2-3,8,22H,4-7H2,1H3,(H2,15,18)/b16-14+. The molecule has 0 amide bonds. The van der Waals surface area contributed by atoms with Gasteiger partial charge in [0.05, 0.1) is 18.1 Å². The van der Waals surface area contributed by atoms with Crippen molar-refractivity contribution >= 4 is 23.0 Å². The molecule has 0 unspecified atom stereocenters. The van der Waals surface area contributed by atoms with E-state index in [0.29, 0.717) is 37.6 Å². The highest BCUT2D eigenvalue weighted by Crippen LogP contribution is 2.32. The van der Waals surface area contributed by atoms with Crippen molar-refractivity contribution in [3.8, 4) is 5.75 Å². The molecule has 12 heteroatoms. The normalized spacial score (nSPS) is 15.2. The van der Waals surface area contributed by atoms with E-state index in [2.05, 4.69) is 20.1 Å². The number of ether oxygens (including phenoxy) is 1. The number of nitrogens with zero attached hydrogens (tertiary/aromatic N) is 6. The number of oxime groups is 1. The number of methoxy groups -OCH3 is 1. The van der Waals surface area contributed by atoms with E-state index in [-0.39, 0.29) is 23.0 Å². The molecule has 1 saturated heterocycles. The summed E-state index contributed by atoms with van der Waals surface area (Å²) in [6.07, 6.45) is 0. The van der Waals surface area contributed by atoms with Crippen molar-refractivity contribution in [2.24, 2.45) is 5.16 Å². The van der Waals surface area contributed by atoms with Crippen LogP contribution in [0, 0.1) is 10.1 Å². The Morgan fingerprint density at radius 3 is 2.65 bits per heavy atom. The number of amidine groups is 1. The van der Waals surface area contributed by atoms with Gasteiger partial charge in [0.15, 0.2) is 11.5 Å². The zero-order valence-corrected chi connectivity index (χ0v) is 13.9. The average molecular weight is 363 g/mol. The Labute approximate surface area is 147 Å². The average Bonchev–Trinajstić information content (AvgIpc) is 3.08. The molecule has 26 heavy (non-hydrogen) atoms. The number of anilines is 2. The predicted octanol–water partition coefficient (Wildman–Crippen LogP) is 0.527. The van der Waals surface area contributed by atoms with Crippen LogP contribution >= 0.6 is 0 Å². The Hall–Kier alpha value is -3.57. The molecule has 138 valence electrons. The van der Waals surface area contributed by atoms with Gasteiger partial charge < -0.3 is 25.5 Å². The van der Waals surface area contributed by atoms with Crippen LogP contribution in [0.2, 0.25) is 0 Å². The quantitative estimate of drug-likeness (QED) is 0.258. The second-order valence-electron chi connectivity index (χ2n) is 5.51. The van der Waals surface area contributed by atoms with E-state index in [1.165, 1.54) is 13.2 Å². The zero-order chi connectivity index (χ0) is 18.7.